The highest BCUT2D eigenvalue weighted by Crippen LogP contribution is 2.25. The van der Waals surface area contributed by atoms with Crippen molar-refractivity contribution < 1.29 is 4.79 Å². The number of nitrogens with one attached hydrogen (secondary N) is 2. The molecule has 1 amide bonds. The zero-order valence-corrected chi connectivity index (χ0v) is 14.1. The number of rotatable bonds is 5. The Kier molecular flexibility index (Phi) is 5.62. The first-order valence-corrected chi connectivity index (χ1v) is 8.97. The molecule has 0 unspecified atom stereocenters. The van der Waals surface area contributed by atoms with Crippen LogP contribution in [-0.2, 0) is 0 Å². The highest BCUT2D eigenvalue weighted by Gasteiger charge is 2.24. The number of likely N-dealkylation sites (N-methyl/N-ethyl adjacent to an activating group) is 1. The molecule has 1 atom stereocenters. The summed E-state index contributed by atoms with van der Waals surface area (Å²) in [5.41, 5.74) is 1.81. The van der Waals surface area contributed by atoms with Crippen LogP contribution in [0.1, 0.15) is 54.6 Å². The molecule has 5 heteroatoms. The fraction of sp³-hybridized carbons (Fsp3) is 0.667. The van der Waals surface area contributed by atoms with E-state index in [1.54, 1.807) is 6.20 Å². The van der Waals surface area contributed by atoms with Crippen LogP contribution in [0.3, 0.4) is 0 Å². The molecule has 0 bridgehead atoms. The van der Waals surface area contributed by atoms with Gasteiger partial charge in [-0.25, -0.2) is 0 Å². The number of likely N-dealkylation sites (tertiary alicyclic amines) is 1. The maximum absolute atomic E-state index is 12.4. The molecule has 3 rings (SSSR count). The molecule has 0 aromatic carbocycles. The Balaban J connectivity index is 1.58. The van der Waals surface area contributed by atoms with E-state index in [9.17, 15) is 4.79 Å². The highest BCUT2D eigenvalue weighted by molar-refractivity contribution is 5.92. The average Bonchev–Trinajstić information content (AvgIpc) is 3.08. The molecule has 0 saturated carbocycles. The number of carbonyl (C=O) groups excluding carboxylic acids is 1. The summed E-state index contributed by atoms with van der Waals surface area (Å²) in [6.07, 6.45) is 6.46. The van der Waals surface area contributed by atoms with Gasteiger partial charge in [0.15, 0.2) is 0 Å². The first-order valence-electron chi connectivity index (χ1n) is 8.97. The minimum absolute atomic E-state index is 0.0382. The third kappa shape index (κ3) is 4.09. The lowest BCUT2D eigenvalue weighted by atomic mass is 9.90. The average molecular weight is 316 g/mol. The van der Waals surface area contributed by atoms with Crippen LogP contribution in [0.15, 0.2) is 18.3 Å². The van der Waals surface area contributed by atoms with E-state index in [1.807, 2.05) is 6.07 Å². The number of nitrogens with zero attached hydrogens (tertiary/aromatic N) is 2. The Hall–Kier alpha value is -1.46. The predicted octanol–water partition coefficient (Wildman–Crippen LogP) is 1.76. The lowest BCUT2D eigenvalue weighted by Gasteiger charge is -2.24. The van der Waals surface area contributed by atoms with E-state index in [4.69, 9.17) is 0 Å². The molecule has 2 aliphatic heterocycles. The van der Waals surface area contributed by atoms with E-state index in [2.05, 4.69) is 33.5 Å². The van der Waals surface area contributed by atoms with Gasteiger partial charge in [-0.15, -0.1) is 0 Å². The van der Waals surface area contributed by atoms with Crippen molar-refractivity contribution in [2.75, 3.05) is 32.7 Å². The maximum Gasteiger partial charge on any atom is 0.269 e. The Morgan fingerprint density at radius 3 is 3.00 bits per heavy atom. The van der Waals surface area contributed by atoms with Crippen molar-refractivity contribution in [2.45, 2.75) is 44.6 Å². The number of amides is 1. The van der Waals surface area contributed by atoms with Crippen molar-refractivity contribution in [2.24, 2.45) is 0 Å². The Morgan fingerprint density at radius 1 is 1.39 bits per heavy atom. The van der Waals surface area contributed by atoms with Gasteiger partial charge in [0.2, 0.25) is 0 Å². The van der Waals surface area contributed by atoms with E-state index in [0.717, 1.165) is 45.6 Å². The standard InChI is InChI=1S/C18H28N4O/c1-2-22-11-3-4-16(22)13-21-18(23)17-12-15(7-10-20-17)14-5-8-19-9-6-14/h7,10,12,14,16,19H,2-6,8-9,11,13H2,1H3,(H,21,23)/t16-/m0/s1. The molecule has 1 aromatic heterocycles. The van der Waals surface area contributed by atoms with Crippen LogP contribution in [0.25, 0.3) is 0 Å². The molecule has 126 valence electrons. The van der Waals surface area contributed by atoms with Crippen molar-refractivity contribution in [3.05, 3.63) is 29.6 Å². The van der Waals surface area contributed by atoms with Crippen molar-refractivity contribution in [3.63, 3.8) is 0 Å². The zero-order valence-electron chi connectivity index (χ0n) is 14.1. The molecule has 2 aliphatic rings. The van der Waals surface area contributed by atoms with Crippen LogP contribution in [-0.4, -0.2) is 54.6 Å². The minimum Gasteiger partial charge on any atom is -0.349 e. The van der Waals surface area contributed by atoms with Gasteiger partial charge in [-0.3, -0.25) is 14.7 Å². The lowest BCUT2D eigenvalue weighted by Crippen LogP contribution is -2.40. The van der Waals surface area contributed by atoms with Crippen molar-refractivity contribution in [1.29, 1.82) is 0 Å². The van der Waals surface area contributed by atoms with Crippen molar-refractivity contribution in [3.8, 4) is 0 Å². The molecule has 1 aromatic rings. The number of hydrogen-bond acceptors (Lipinski definition) is 4. The second-order valence-electron chi connectivity index (χ2n) is 6.63. The van der Waals surface area contributed by atoms with Crippen LogP contribution < -0.4 is 10.6 Å². The predicted molar refractivity (Wildman–Crippen MR) is 91.7 cm³/mol. The van der Waals surface area contributed by atoms with Crippen LogP contribution >= 0.6 is 0 Å². The summed E-state index contributed by atoms with van der Waals surface area (Å²) in [6.45, 7) is 7.24. The first kappa shape index (κ1) is 16.4. The molecule has 5 nitrogen and oxygen atoms in total. The summed E-state index contributed by atoms with van der Waals surface area (Å²) in [5, 5.41) is 6.46. The van der Waals surface area contributed by atoms with Gasteiger partial charge in [-0.1, -0.05) is 6.92 Å². The number of pyridine rings is 1. The molecule has 0 aliphatic carbocycles. The summed E-state index contributed by atoms with van der Waals surface area (Å²) >= 11 is 0. The van der Waals surface area contributed by atoms with Gasteiger partial charge in [0.25, 0.3) is 5.91 Å². The summed E-state index contributed by atoms with van der Waals surface area (Å²) in [5.74, 6) is 0.514. The van der Waals surface area contributed by atoms with Crippen molar-refractivity contribution in [1.82, 2.24) is 20.5 Å². The van der Waals surface area contributed by atoms with E-state index < -0.39 is 0 Å². The molecule has 3 heterocycles. The van der Waals surface area contributed by atoms with Crippen LogP contribution in [0.5, 0.6) is 0 Å². The van der Waals surface area contributed by atoms with Crippen LogP contribution in [0.2, 0.25) is 0 Å². The quantitative estimate of drug-likeness (QED) is 0.869. The number of piperidine rings is 1. The topological polar surface area (TPSA) is 57.3 Å². The Labute approximate surface area is 138 Å². The molecular weight excluding hydrogens is 288 g/mol. The third-order valence-electron chi connectivity index (χ3n) is 5.23. The van der Waals surface area contributed by atoms with Crippen LogP contribution in [0, 0.1) is 0 Å². The summed E-state index contributed by atoms with van der Waals surface area (Å²) in [7, 11) is 0. The molecule has 23 heavy (non-hydrogen) atoms. The Bertz CT molecular complexity index is 528. The third-order valence-corrected chi connectivity index (χ3v) is 5.23. The molecule has 2 saturated heterocycles. The molecular formula is C18H28N4O. The minimum atomic E-state index is -0.0382. The largest absolute Gasteiger partial charge is 0.349 e. The maximum atomic E-state index is 12.4. The zero-order chi connectivity index (χ0) is 16.1. The van der Waals surface area contributed by atoms with Gasteiger partial charge in [0, 0.05) is 18.8 Å². The van der Waals surface area contributed by atoms with Crippen molar-refractivity contribution >= 4 is 5.91 Å². The highest BCUT2D eigenvalue weighted by atomic mass is 16.1. The summed E-state index contributed by atoms with van der Waals surface area (Å²) < 4.78 is 0. The first-order chi connectivity index (χ1) is 11.3. The van der Waals surface area contributed by atoms with E-state index in [-0.39, 0.29) is 5.91 Å². The molecule has 2 N–H and O–H groups in total. The van der Waals surface area contributed by atoms with E-state index in [1.165, 1.54) is 18.4 Å². The second kappa shape index (κ2) is 7.88. The van der Waals surface area contributed by atoms with E-state index in [0.29, 0.717) is 17.7 Å². The SMILES string of the molecule is CCN1CCC[C@H]1CNC(=O)c1cc(C2CCNCC2)ccn1. The summed E-state index contributed by atoms with van der Waals surface area (Å²) in [6, 6.07) is 4.52. The van der Waals surface area contributed by atoms with Gasteiger partial charge in [0.1, 0.15) is 5.69 Å². The molecule has 2 fully saturated rings. The smallest absolute Gasteiger partial charge is 0.269 e. The van der Waals surface area contributed by atoms with Gasteiger partial charge >= 0.3 is 0 Å². The van der Waals surface area contributed by atoms with Gasteiger partial charge in [-0.2, -0.15) is 0 Å². The van der Waals surface area contributed by atoms with Gasteiger partial charge in [0.05, 0.1) is 0 Å². The molecule has 0 spiro atoms. The monoisotopic (exact) mass is 316 g/mol. The Morgan fingerprint density at radius 2 is 2.22 bits per heavy atom. The van der Waals surface area contributed by atoms with Gasteiger partial charge in [-0.05, 0) is 75.5 Å². The summed E-state index contributed by atoms with van der Waals surface area (Å²) in [4.78, 5) is 19.1. The lowest BCUT2D eigenvalue weighted by molar-refractivity contribution is 0.0936. The normalized spacial score (nSPS) is 23.1. The number of hydrogen-bond donors (Lipinski definition) is 2. The van der Waals surface area contributed by atoms with E-state index >= 15 is 0 Å². The number of aromatic nitrogens is 1. The number of carbonyl (C=O) groups is 1. The second-order valence-corrected chi connectivity index (χ2v) is 6.63. The molecule has 0 radical (unpaired) electrons. The fourth-order valence-electron chi connectivity index (χ4n) is 3.82. The van der Waals surface area contributed by atoms with Crippen LogP contribution in [0.4, 0.5) is 0 Å². The van der Waals surface area contributed by atoms with Gasteiger partial charge < -0.3 is 10.6 Å². The fourth-order valence-corrected chi connectivity index (χ4v) is 3.82.